The van der Waals surface area contributed by atoms with Crippen LogP contribution < -0.4 is 0 Å². The maximum Gasteiger partial charge on any atom is 0.227 e. The number of morpholine rings is 1. The predicted octanol–water partition coefficient (Wildman–Crippen LogP) is 2.14. The molecule has 20 heavy (non-hydrogen) atoms. The Morgan fingerprint density at radius 1 is 1.40 bits per heavy atom. The van der Waals surface area contributed by atoms with E-state index in [0.717, 1.165) is 5.56 Å². The van der Waals surface area contributed by atoms with Crippen molar-refractivity contribution in [3.63, 3.8) is 0 Å². The number of carbonyl (C=O) groups excluding carboxylic acids is 1. The van der Waals surface area contributed by atoms with Gasteiger partial charge in [-0.25, -0.2) is 0 Å². The van der Waals surface area contributed by atoms with Crippen molar-refractivity contribution < 1.29 is 14.6 Å². The molecule has 0 bridgehead atoms. The van der Waals surface area contributed by atoms with E-state index in [2.05, 4.69) is 0 Å². The number of halogens is 2. The Hall–Kier alpha value is -0.810. The van der Waals surface area contributed by atoms with Gasteiger partial charge in [0.1, 0.15) is 0 Å². The first-order chi connectivity index (χ1) is 9.49. The number of nitrogens with zero attached hydrogens (tertiary/aromatic N) is 1. The SMILES string of the molecule is CC1CN(C(=O)Cc2ccc(Cl)c(Cl)c2)CC(CO)O1. The van der Waals surface area contributed by atoms with Crippen LogP contribution in [0.4, 0.5) is 0 Å². The summed E-state index contributed by atoms with van der Waals surface area (Å²) in [6, 6.07) is 5.18. The van der Waals surface area contributed by atoms with E-state index in [0.29, 0.717) is 23.1 Å². The first kappa shape index (κ1) is 15.6. The molecule has 1 aromatic rings. The molecule has 0 aromatic heterocycles. The Balaban J connectivity index is 2.01. The molecule has 1 aromatic carbocycles. The summed E-state index contributed by atoms with van der Waals surface area (Å²) in [4.78, 5) is 14.0. The third kappa shape index (κ3) is 3.85. The molecule has 1 amide bonds. The molecular weight excluding hydrogens is 301 g/mol. The molecule has 0 radical (unpaired) electrons. The highest BCUT2D eigenvalue weighted by Crippen LogP contribution is 2.23. The van der Waals surface area contributed by atoms with Crippen LogP contribution in [0.5, 0.6) is 0 Å². The van der Waals surface area contributed by atoms with Crippen LogP contribution in [0.15, 0.2) is 18.2 Å². The lowest BCUT2D eigenvalue weighted by Gasteiger charge is -2.36. The minimum Gasteiger partial charge on any atom is -0.394 e. The van der Waals surface area contributed by atoms with Crippen LogP contribution in [0.3, 0.4) is 0 Å². The smallest absolute Gasteiger partial charge is 0.227 e. The fraction of sp³-hybridized carbons (Fsp3) is 0.500. The molecule has 2 atom stereocenters. The van der Waals surface area contributed by atoms with Gasteiger partial charge < -0.3 is 14.7 Å². The van der Waals surface area contributed by atoms with Crippen LogP contribution in [-0.4, -0.2) is 47.8 Å². The van der Waals surface area contributed by atoms with Crippen molar-refractivity contribution in [2.24, 2.45) is 0 Å². The Kier molecular flexibility index (Phi) is 5.27. The molecule has 0 saturated carbocycles. The molecule has 1 aliphatic rings. The molecule has 2 unspecified atom stereocenters. The van der Waals surface area contributed by atoms with Gasteiger partial charge in [-0.2, -0.15) is 0 Å². The molecule has 2 rings (SSSR count). The van der Waals surface area contributed by atoms with Gasteiger partial charge in [0.15, 0.2) is 0 Å². The van der Waals surface area contributed by atoms with Gasteiger partial charge in [0.2, 0.25) is 5.91 Å². The summed E-state index contributed by atoms with van der Waals surface area (Å²) in [5.41, 5.74) is 0.823. The molecule has 1 N–H and O–H groups in total. The average Bonchev–Trinajstić information content (AvgIpc) is 2.42. The quantitative estimate of drug-likeness (QED) is 0.929. The van der Waals surface area contributed by atoms with Crippen molar-refractivity contribution in [3.8, 4) is 0 Å². The van der Waals surface area contributed by atoms with E-state index >= 15 is 0 Å². The standard InChI is InChI=1S/C14H17Cl2NO3/c1-9-6-17(7-11(8-18)20-9)14(19)5-10-2-3-12(15)13(16)4-10/h2-4,9,11,18H,5-8H2,1H3. The molecule has 6 heteroatoms. The number of rotatable bonds is 3. The lowest BCUT2D eigenvalue weighted by Crippen LogP contribution is -2.50. The molecule has 0 spiro atoms. The molecule has 110 valence electrons. The molecule has 0 aliphatic carbocycles. The summed E-state index contributed by atoms with van der Waals surface area (Å²) in [5, 5.41) is 10.1. The number of benzene rings is 1. The molecule has 1 saturated heterocycles. The second-order valence-electron chi connectivity index (χ2n) is 4.98. The van der Waals surface area contributed by atoms with Gasteiger partial charge in [-0.1, -0.05) is 29.3 Å². The van der Waals surface area contributed by atoms with E-state index < -0.39 is 0 Å². The second-order valence-corrected chi connectivity index (χ2v) is 5.79. The lowest BCUT2D eigenvalue weighted by molar-refractivity contribution is -0.146. The van der Waals surface area contributed by atoms with Gasteiger partial charge in [-0.3, -0.25) is 4.79 Å². The fourth-order valence-electron chi connectivity index (χ4n) is 2.29. The number of carbonyl (C=O) groups is 1. The lowest BCUT2D eigenvalue weighted by atomic mass is 10.1. The molecular formula is C14H17Cl2NO3. The monoisotopic (exact) mass is 317 g/mol. The van der Waals surface area contributed by atoms with E-state index in [4.69, 9.17) is 33.0 Å². The summed E-state index contributed by atoms with van der Waals surface area (Å²) in [5.74, 6) is -0.00279. The third-order valence-corrected chi connectivity index (χ3v) is 3.96. The molecule has 1 heterocycles. The highest BCUT2D eigenvalue weighted by atomic mass is 35.5. The minimum atomic E-state index is -0.309. The normalized spacial score (nSPS) is 22.9. The Labute approximate surface area is 128 Å². The van der Waals surface area contributed by atoms with Crippen molar-refractivity contribution in [2.75, 3.05) is 19.7 Å². The van der Waals surface area contributed by atoms with Crippen LogP contribution >= 0.6 is 23.2 Å². The van der Waals surface area contributed by atoms with E-state index in [-0.39, 0.29) is 31.1 Å². The summed E-state index contributed by atoms with van der Waals surface area (Å²) in [7, 11) is 0. The maximum absolute atomic E-state index is 12.3. The largest absolute Gasteiger partial charge is 0.394 e. The number of amides is 1. The van der Waals surface area contributed by atoms with Crippen molar-refractivity contribution in [1.82, 2.24) is 4.90 Å². The molecule has 4 nitrogen and oxygen atoms in total. The van der Waals surface area contributed by atoms with Crippen molar-refractivity contribution in [2.45, 2.75) is 25.6 Å². The molecule has 1 aliphatic heterocycles. The van der Waals surface area contributed by atoms with Crippen LogP contribution in [0.2, 0.25) is 10.0 Å². The van der Waals surface area contributed by atoms with Gasteiger partial charge in [0.25, 0.3) is 0 Å². The fourth-order valence-corrected chi connectivity index (χ4v) is 2.61. The highest BCUT2D eigenvalue weighted by Gasteiger charge is 2.27. The third-order valence-electron chi connectivity index (χ3n) is 3.22. The number of hydrogen-bond acceptors (Lipinski definition) is 3. The van der Waals surface area contributed by atoms with Crippen molar-refractivity contribution in [1.29, 1.82) is 0 Å². The first-order valence-corrected chi connectivity index (χ1v) is 7.23. The van der Waals surface area contributed by atoms with Crippen LogP contribution in [0.1, 0.15) is 12.5 Å². The number of hydrogen-bond donors (Lipinski definition) is 1. The summed E-state index contributed by atoms with van der Waals surface area (Å²) >= 11 is 11.8. The van der Waals surface area contributed by atoms with E-state index in [1.165, 1.54) is 0 Å². The minimum absolute atomic E-state index is 0.00279. The van der Waals surface area contributed by atoms with E-state index in [1.807, 2.05) is 6.92 Å². The summed E-state index contributed by atoms with van der Waals surface area (Å²) in [6.07, 6.45) is -0.114. The summed E-state index contributed by atoms with van der Waals surface area (Å²) in [6.45, 7) is 2.76. The second kappa shape index (κ2) is 6.76. The van der Waals surface area contributed by atoms with Crippen molar-refractivity contribution >= 4 is 29.1 Å². The zero-order valence-corrected chi connectivity index (χ0v) is 12.7. The molecule has 1 fully saturated rings. The van der Waals surface area contributed by atoms with E-state index in [1.54, 1.807) is 23.1 Å². The number of aliphatic hydroxyl groups is 1. The Bertz CT molecular complexity index is 495. The topological polar surface area (TPSA) is 49.8 Å². The number of ether oxygens (including phenoxy) is 1. The van der Waals surface area contributed by atoms with Gasteiger partial charge in [-0.15, -0.1) is 0 Å². The number of aliphatic hydroxyl groups excluding tert-OH is 1. The van der Waals surface area contributed by atoms with Gasteiger partial charge in [-0.05, 0) is 24.6 Å². The zero-order valence-electron chi connectivity index (χ0n) is 11.2. The highest BCUT2D eigenvalue weighted by molar-refractivity contribution is 6.42. The average molecular weight is 318 g/mol. The van der Waals surface area contributed by atoms with Crippen LogP contribution in [-0.2, 0) is 16.0 Å². The maximum atomic E-state index is 12.3. The van der Waals surface area contributed by atoms with Crippen LogP contribution in [0, 0.1) is 0 Å². The first-order valence-electron chi connectivity index (χ1n) is 6.47. The van der Waals surface area contributed by atoms with E-state index in [9.17, 15) is 4.79 Å². The van der Waals surface area contributed by atoms with Crippen LogP contribution in [0.25, 0.3) is 0 Å². The van der Waals surface area contributed by atoms with Gasteiger partial charge in [0, 0.05) is 13.1 Å². The summed E-state index contributed by atoms with van der Waals surface area (Å²) < 4.78 is 5.52. The zero-order chi connectivity index (χ0) is 14.7. The van der Waals surface area contributed by atoms with Gasteiger partial charge in [0.05, 0.1) is 35.3 Å². The van der Waals surface area contributed by atoms with Crippen molar-refractivity contribution in [3.05, 3.63) is 33.8 Å². The Morgan fingerprint density at radius 2 is 2.15 bits per heavy atom. The predicted molar refractivity (Wildman–Crippen MR) is 78.2 cm³/mol. The van der Waals surface area contributed by atoms with Gasteiger partial charge >= 0.3 is 0 Å². The Morgan fingerprint density at radius 3 is 2.80 bits per heavy atom.